The molecule has 0 fully saturated rings. The van der Waals surface area contributed by atoms with Gasteiger partial charge in [-0.15, -0.1) is 0 Å². The Morgan fingerprint density at radius 3 is 2.33 bits per heavy atom. The highest BCUT2D eigenvalue weighted by atomic mass is 16.5. The molecule has 0 bridgehead atoms. The van der Waals surface area contributed by atoms with Gasteiger partial charge in [-0.25, -0.2) is 4.98 Å². The van der Waals surface area contributed by atoms with Crippen LogP contribution in [0.2, 0.25) is 0 Å². The van der Waals surface area contributed by atoms with Crippen LogP contribution in [0, 0.1) is 0 Å². The van der Waals surface area contributed by atoms with Gasteiger partial charge in [-0.05, 0) is 38.1 Å². The molecule has 0 spiro atoms. The van der Waals surface area contributed by atoms with Crippen molar-refractivity contribution in [2.45, 2.75) is 13.8 Å². The summed E-state index contributed by atoms with van der Waals surface area (Å²) >= 11 is 0. The normalized spacial score (nSPS) is 10.4. The molecule has 4 heteroatoms. The fraction of sp³-hybridized carbons (Fsp3) is 0.357. The molecular weight excluding hydrogens is 228 g/mol. The summed E-state index contributed by atoms with van der Waals surface area (Å²) in [6.45, 7) is 5.19. The second kappa shape index (κ2) is 5.58. The second-order valence-corrected chi connectivity index (χ2v) is 3.77. The van der Waals surface area contributed by atoms with E-state index in [1.54, 1.807) is 0 Å². The predicted molar refractivity (Wildman–Crippen MR) is 73.6 cm³/mol. The maximum absolute atomic E-state index is 5.61. The predicted octanol–water partition coefficient (Wildman–Crippen LogP) is 3.07. The first-order chi connectivity index (χ1) is 8.80. The zero-order valence-electron chi connectivity index (χ0n) is 11.0. The first-order valence-electron chi connectivity index (χ1n) is 6.17. The van der Waals surface area contributed by atoms with Crippen molar-refractivity contribution in [2.75, 3.05) is 25.6 Å². The van der Waals surface area contributed by atoms with Gasteiger partial charge in [0, 0.05) is 12.4 Å². The molecule has 0 atom stereocenters. The van der Waals surface area contributed by atoms with Crippen molar-refractivity contribution in [1.29, 1.82) is 0 Å². The van der Waals surface area contributed by atoms with Crippen LogP contribution in [0.1, 0.15) is 13.8 Å². The van der Waals surface area contributed by atoms with Gasteiger partial charge in [0.25, 0.3) is 0 Å². The highest BCUT2D eigenvalue weighted by Crippen LogP contribution is 2.32. The van der Waals surface area contributed by atoms with Crippen LogP contribution in [-0.4, -0.2) is 25.2 Å². The third-order valence-electron chi connectivity index (χ3n) is 2.64. The average Bonchev–Trinajstić information content (AvgIpc) is 2.41. The molecule has 0 saturated carbocycles. The summed E-state index contributed by atoms with van der Waals surface area (Å²) in [6, 6.07) is 7.77. The van der Waals surface area contributed by atoms with E-state index in [-0.39, 0.29) is 0 Å². The molecule has 0 saturated heterocycles. The number of hydrogen-bond donors (Lipinski definition) is 1. The van der Waals surface area contributed by atoms with Gasteiger partial charge in [0.2, 0.25) is 0 Å². The summed E-state index contributed by atoms with van der Waals surface area (Å²) in [5, 5.41) is 4.01. The number of anilines is 1. The number of pyridine rings is 1. The van der Waals surface area contributed by atoms with Gasteiger partial charge in [-0.3, -0.25) is 0 Å². The molecule has 18 heavy (non-hydrogen) atoms. The lowest BCUT2D eigenvalue weighted by atomic mass is 10.2. The van der Waals surface area contributed by atoms with Crippen molar-refractivity contribution < 1.29 is 9.47 Å². The number of hydrogen-bond acceptors (Lipinski definition) is 4. The van der Waals surface area contributed by atoms with E-state index in [1.807, 2.05) is 45.2 Å². The molecule has 1 aromatic heterocycles. The minimum atomic E-state index is 0.620. The minimum Gasteiger partial charge on any atom is -0.493 e. The monoisotopic (exact) mass is 246 g/mol. The third kappa shape index (κ3) is 2.32. The van der Waals surface area contributed by atoms with Gasteiger partial charge in [-0.1, -0.05) is 0 Å². The lowest BCUT2D eigenvalue weighted by molar-refractivity contribution is 0.336. The van der Waals surface area contributed by atoms with Crippen LogP contribution in [0.15, 0.2) is 24.3 Å². The Hall–Kier alpha value is -1.97. The van der Waals surface area contributed by atoms with Gasteiger partial charge < -0.3 is 14.8 Å². The molecule has 1 N–H and O–H groups in total. The number of ether oxygens (including phenoxy) is 2. The summed E-state index contributed by atoms with van der Waals surface area (Å²) in [5.74, 6) is 2.44. The SMILES string of the molecule is CCOc1ccc(OCC)c2nc(NC)ccc12. The number of rotatable bonds is 5. The van der Waals surface area contributed by atoms with Crippen LogP contribution < -0.4 is 14.8 Å². The molecule has 0 unspecified atom stereocenters. The standard InChI is InChI=1S/C14H18N2O2/c1-4-17-11-7-8-12(18-5-2)14-10(11)6-9-13(15-3)16-14/h6-9H,4-5H2,1-3H3,(H,15,16). The van der Waals surface area contributed by atoms with Crippen molar-refractivity contribution in [3.05, 3.63) is 24.3 Å². The highest BCUT2D eigenvalue weighted by molar-refractivity contribution is 5.91. The van der Waals surface area contributed by atoms with Gasteiger partial charge in [-0.2, -0.15) is 0 Å². The summed E-state index contributed by atoms with van der Waals surface area (Å²) < 4.78 is 11.2. The van der Waals surface area contributed by atoms with Crippen molar-refractivity contribution in [3.8, 4) is 11.5 Å². The molecule has 1 heterocycles. The van der Waals surface area contributed by atoms with E-state index >= 15 is 0 Å². The lowest BCUT2D eigenvalue weighted by Crippen LogP contribution is -1.99. The van der Waals surface area contributed by atoms with E-state index in [0.717, 1.165) is 28.2 Å². The molecule has 0 aliphatic rings. The van der Waals surface area contributed by atoms with Crippen molar-refractivity contribution in [1.82, 2.24) is 4.98 Å². The van der Waals surface area contributed by atoms with E-state index in [2.05, 4.69) is 10.3 Å². The van der Waals surface area contributed by atoms with E-state index in [0.29, 0.717) is 13.2 Å². The van der Waals surface area contributed by atoms with Crippen LogP contribution in [-0.2, 0) is 0 Å². The first kappa shape index (κ1) is 12.5. The van der Waals surface area contributed by atoms with Crippen LogP contribution in [0.25, 0.3) is 10.9 Å². The zero-order chi connectivity index (χ0) is 13.0. The molecule has 0 aliphatic heterocycles. The largest absolute Gasteiger partial charge is 0.493 e. The molecule has 0 radical (unpaired) electrons. The molecular formula is C14H18N2O2. The maximum atomic E-state index is 5.61. The molecule has 2 rings (SSSR count). The summed E-state index contributed by atoms with van der Waals surface area (Å²) in [4.78, 5) is 4.54. The fourth-order valence-corrected chi connectivity index (χ4v) is 1.86. The second-order valence-electron chi connectivity index (χ2n) is 3.77. The van der Waals surface area contributed by atoms with Gasteiger partial charge in [0.1, 0.15) is 22.8 Å². The van der Waals surface area contributed by atoms with Crippen LogP contribution in [0.4, 0.5) is 5.82 Å². The molecule has 2 aromatic rings. The topological polar surface area (TPSA) is 43.4 Å². The van der Waals surface area contributed by atoms with Gasteiger partial charge >= 0.3 is 0 Å². The molecule has 4 nitrogen and oxygen atoms in total. The van der Waals surface area contributed by atoms with Crippen molar-refractivity contribution >= 4 is 16.7 Å². The Balaban J connectivity index is 2.61. The Morgan fingerprint density at radius 2 is 1.67 bits per heavy atom. The van der Waals surface area contributed by atoms with Crippen molar-refractivity contribution in [3.63, 3.8) is 0 Å². The molecule has 0 amide bonds. The van der Waals surface area contributed by atoms with Gasteiger partial charge in [0.15, 0.2) is 0 Å². The lowest BCUT2D eigenvalue weighted by Gasteiger charge is -2.12. The molecule has 96 valence electrons. The van der Waals surface area contributed by atoms with Crippen molar-refractivity contribution in [2.24, 2.45) is 0 Å². The number of aromatic nitrogens is 1. The Bertz CT molecular complexity index is 541. The maximum Gasteiger partial charge on any atom is 0.145 e. The zero-order valence-corrected chi connectivity index (χ0v) is 11.0. The summed E-state index contributed by atoms with van der Waals surface area (Å²) in [5.41, 5.74) is 0.828. The van der Waals surface area contributed by atoms with Gasteiger partial charge in [0.05, 0.1) is 13.2 Å². The number of nitrogens with one attached hydrogen (secondary N) is 1. The summed E-state index contributed by atoms with van der Waals surface area (Å²) in [7, 11) is 1.85. The molecule has 1 aromatic carbocycles. The van der Waals surface area contributed by atoms with Crippen LogP contribution in [0.3, 0.4) is 0 Å². The Labute approximate surface area is 107 Å². The Kier molecular flexibility index (Phi) is 3.87. The van der Waals surface area contributed by atoms with Crippen LogP contribution >= 0.6 is 0 Å². The number of benzene rings is 1. The first-order valence-corrected chi connectivity index (χ1v) is 6.17. The van der Waals surface area contributed by atoms with E-state index in [4.69, 9.17) is 9.47 Å². The number of nitrogens with zero attached hydrogens (tertiary/aromatic N) is 1. The minimum absolute atomic E-state index is 0.620. The average molecular weight is 246 g/mol. The van der Waals surface area contributed by atoms with E-state index in [1.165, 1.54) is 0 Å². The van der Waals surface area contributed by atoms with E-state index < -0.39 is 0 Å². The summed E-state index contributed by atoms with van der Waals surface area (Å²) in [6.07, 6.45) is 0. The number of fused-ring (bicyclic) bond motifs is 1. The quantitative estimate of drug-likeness (QED) is 0.880. The fourth-order valence-electron chi connectivity index (χ4n) is 1.86. The highest BCUT2D eigenvalue weighted by Gasteiger charge is 2.09. The van der Waals surface area contributed by atoms with Crippen LogP contribution in [0.5, 0.6) is 11.5 Å². The third-order valence-corrected chi connectivity index (χ3v) is 2.64. The van der Waals surface area contributed by atoms with E-state index in [9.17, 15) is 0 Å². The smallest absolute Gasteiger partial charge is 0.145 e. The Morgan fingerprint density at radius 1 is 1.00 bits per heavy atom. The molecule has 0 aliphatic carbocycles.